The van der Waals surface area contributed by atoms with E-state index in [0.717, 1.165) is 24.9 Å². The first-order valence-corrected chi connectivity index (χ1v) is 9.24. The van der Waals surface area contributed by atoms with Gasteiger partial charge in [-0.3, -0.25) is 4.79 Å². The van der Waals surface area contributed by atoms with Crippen molar-refractivity contribution in [2.45, 2.75) is 25.3 Å². The van der Waals surface area contributed by atoms with Crippen LogP contribution in [0.15, 0.2) is 54.6 Å². The Kier molecular flexibility index (Phi) is 4.87. The van der Waals surface area contributed by atoms with E-state index in [-0.39, 0.29) is 17.8 Å². The number of carbonyl (C=O) groups excluding carboxylic acids is 1. The predicted octanol–water partition coefficient (Wildman–Crippen LogP) is 2.58. The highest BCUT2D eigenvalue weighted by Crippen LogP contribution is 2.24. The fraction of sp³-hybridized carbons (Fsp3) is 0.286. The van der Waals surface area contributed by atoms with Crippen molar-refractivity contribution in [3.05, 3.63) is 77.4 Å². The van der Waals surface area contributed by atoms with Gasteiger partial charge in [0.25, 0.3) is 5.91 Å². The Bertz CT molecular complexity index is 921. The summed E-state index contributed by atoms with van der Waals surface area (Å²) in [7, 11) is 2.07. The van der Waals surface area contributed by atoms with Gasteiger partial charge in [0.05, 0.1) is 0 Å². The first-order chi connectivity index (χ1) is 13.2. The molecule has 3 aromatic rings. The number of carbonyl (C=O) groups is 1. The van der Waals surface area contributed by atoms with E-state index in [1.807, 2.05) is 30.3 Å². The number of likely N-dealkylation sites (N-methyl/N-ethyl adjacent to an activating group) is 1. The number of fused-ring (bicyclic) bond motifs is 1. The number of aryl methyl sites for hydroxylation is 1. The molecule has 0 spiro atoms. The smallest absolute Gasteiger partial charge is 0.289 e. The lowest BCUT2D eigenvalue weighted by atomic mass is 10.1. The Morgan fingerprint density at radius 3 is 2.78 bits per heavy atom. The maximum atomic E-state index is 12.6. The van der Waals surface area contributed by atoms with Gasteiger partial charge >= 0.3 is 0 Å². The van der Waals surface area contributed by atoms with Crippen molar-refractivity contribution in [3.8, 4) is 0 Å². The Balaban J connectivity index is 1.40. The third kappa shape index (κ3) is 4.00. The highest BCUT2D eigenvalue weighted by molar-refractivity contribution is 5.90. The minimum Gasteiger partial charge on any atom is -0.372 e. The quantitative estimate of drug-likeness (QED) is 0.749. The largest absolute Gasteiger partial charge is 0.372 e. The van der Waals surface area contributed by atoms with Crippen LogP contribution >= 0.6 is 0 Å². The van der Waals surface area contributed by atoms with Crippen molar-refractivity contribution >= 4 is 11.6 Å². The van der Waals surface area contributed by atoms with Crippen molar-refractivity contribution < 1.29 is 4.79 Å². The Morgan fingerprint density at radius 1 is 1.15 bits per heavy atom. The summed E-state index contributed by atoms with van der Waals surface area (Å²) in [6, 6.07) is 18.5. The number of H-pyrrole nitrogens is 1. The molecule has 1 aliphatic heterocycles. The SMILES string of the molecule is CN1C[C@@H](NC(=O)c2nnc(Cc3ccccc3)[nH]2)CCc2ccccc21. The van der Waals surface area contributed by atoms with E-state index >= 15 is 0 Å². The van der Waals surface area contributed by atoms with Gasteiger partial charge in [-0.05, 0) is 30.0 Å². The number of rotatable bonds is 4. The molecular formula is C21H23N5O. The lowest BCUT2D eigenvalue weighted by Gasteiger charge is -2.23. The zero-order valence-corrected chi connectivity index (χ0v) is 15.4. The summed E-state index contributed by atoms with van der Waals surface area (Å²) in [6.45, 7) is 0.772. The topological polar surface area (TPSA) is 73.9 Å². The molecule has 0 aliphatic carbocycles. The van der Waals surface area contributed by atoms with Crippen LogP contribution in [0.5, 0.6) is 0 Å². The molecule has 1 aromatic heterocycles. The second-order valence-corrected chi connectivity index (χ2v) is 7.00. The molecular weight excluding hydrogens is 338 g/mol. The van der Waals surface area contributed by atoms with Gasteiger partial charge in [-0.2, -0.15) is 0 Å². The number of amides is 1. The number of aromatic amines is 1. The first kappa shape index (κ1) is 17.3. The molecule has 1 atom stereocenters. The van der Waals surface area contributed by atoms with E-state index in [2.05, 4.69) is 56.7 Å². The van der Waals surface area contributed by atoms with Crippen molar-refractivity contribution in [1.82, 2.24) is 20.5 Å². The molecule has 2 N–H and O–H groups in total. The summed E-state index contributed by atoms with van der Waals surface area (Å²) in [4.78, 5) is 17.9. The van der Waals surface area contributed by atoms with E-state index in [1.165, 1.54) is 11.3 Å². The normalized spacial score (nSPS) is 16.5. The summed E-state index contributed by atoms with van der Waals surface area (Å²) in [5.74, 6) is 0.758. The highest BCUT2D eigenvalue weighted by atomic mass is 16.2. The van der Waals surface area contributed by atoms with Gasteiger partial charge in [-0.25, -0.2) is 0 Å². The monoisotopic (exact) mass is 361 g/mol. The third-order valence-electron chi connectivity index (χ3n) is 4.96. The summed E-state index contributed by atoms with van der Waals surface area (Å²) in [5, 5.41) is 11.2. The lowest BCUT2D eigenvalue weighted by Crippen LogP contribution is -2.42. The van der Waals surface area contributed by atoms with Gasteiger partial charge < -0.3 is 15.2 Å². The average Bonchev–Trinajstić information content (AvgIpc) is 3.09. The number of anilines is 1. The maximum Gasteiger partial charge on any atom is 0.289 e. The van der Waals surface area contributed by atoms with Crippen LogP contribution in [0.4, 0.5) is 5.69 Å². The molecule has 0 radical (unpaired) electrons. The van der Waals surface area contributed by atoms with Gasteiger partial charge in [0, 0.05) is 31.7 Å². The summed E-state index contributed by atoms with van der Waals surface area (Å²) >= 11 is 0. The Hall–Kier alpha value is -3.15. The molecule has 6 heteroatoms. The van der Waals surface area contributed by atoms with Gasteiger partial charge in [0.1, 0.15) is 5.82 Å². The second kappa shape index (κ2) is 7.61. The van der Waals surface area contributed by atoms with E-state index in [0.29, 0.717) is 12.2 Å². The zero-order valence-electron chi connectivity index (χ0n) is 15.4. The van der Waals surface area contributed by atoms with Crippen LogP contribution in [0.25, 0.3) is 0 Å². The summed E-state index contributed by atoms with van der Waals surface area (Å²) in [5.41, 5.74) is 3.68. The molecule has 2 heterocycles. The number of aromatic nitrogens is 3. The molecule has 1 amide bonds. The molecule has 138 valence electrons. The van der Waals surface area contributed by atoms with Gasteiger partial charge in [-0.1, -0.05) is 48.5 Å². The van der Waals surface area contributed by atoms with Crippen LogP contribution in [0, 0.1) is 0 Å². The number of nitrogens with one attached hydrogen (secondary N) is 2. The number of benzene rings is 2. The molecule has 4 rings (SSSR count). The Labute approximate surface area is 158 Å². The zero-order chi connectivity index (χ0) is 18.6. The Morgan fingerprint density at radius 2 is 1.93 bits per heavy atom. The highest BCUT2D eigenvalue weighted by Gasteiger charge is 2.22. The van der Waals surface area contributed by atoms with Crippen LogP contribution in [0.3, 0.4) is 0 Å². The maximum absolute atomic E-state index is 12.6. The number of hydrogen-bond donors (Lipinski definition) is 2. The molecule has 2 aromatic carbocycles. The average molecular weight is 361 g/mol. The van der Waals surface area contributed by atoms with Crippen molar-refractivity contribution in [3.63, 3.8) is 0 Å². The molecule has 0 saturated heterocycles. The van der Waals surface area contributed by atoms with Crippen LogP contribution in [0.2, 0.25) is 0 Å². The van der Waals surface area contributed by atoms with Crippen molar-refractivity contribution in [2.24, 2.45) is 0 Å². The predicted molar refractivity (Wildman–Crippen MR) is 105 cm³/mol. The van der Waals surface area contributed by atoms with E-state index in [4.69, 9.17) is 0 Å². The van der Waals surface area contributed by atoms with Crippen molar-refractivity contribution in [2.75, 3.05) is 18.5 Å². The van der Waals surface area contributed by atoms with E-state index < -0.39 is 0 Å². The molecule has 1 aliphatic rings. The third-order valence-corrected chi connectivity index (χ3v) is 4.96. The summed E-state index contributed by atoms with van der Waals surface area (Å²) < 4.78 is 0. The minimum absolute atomic E-state index is 0.0672. The molecule has 0 fully saturated rings. The van der Waals surface area contributed by atoms with Gasteiger partial charge in [-0.15, -0.1) is 10.2 Å². The molecule has 27 heavy (non-hydrogen) atoms. The van der Waals surface area contributed by atoms with Gasteiger partial charge in [0.2, 0.25) is 5.82 Å². The number of hydrogen-bond acceptors (Lipinski definition) is 4. The number of para-hydroxylation sites is 1. The first-order valence-electron chi connectivity index (χ1n) is 9.24. The van der Waals surface area contributed by atoms with E-state index in [1.54, 1.807) is 0 Å². The van der Waals surface area contributed by atoms with E-state index in [9.17, 15) is 4.79 Å². The lowest BCUT2D eigenvalue weighted by molar-refractivity contribution is 0.0926. The fourth-order valence-corrected chi connectivity index (χ4v) is 3.58. The molecule has 0 saturated carbocycles. The van der Waals surface area contributed by atoms with Crippen LogP contribution < -0.4 is 10.2 Å². The summed E-state index contributed by atoms with van der Waals surface area (Å²) in [6.07, 6.45) is 2.47. The fourth-order valence-electron chi connectivity index (χ4n) is 3.58. The van der Waals surface area contributed by atoms with Gasteiger partial charge in [0.15, 0.2) is 0 Å². The van der Waals surface area contributed by atoms with Crippen LogP contribution in [-0.4, -0.2) is 40.7 Å². The standard InChI is InChI=1S/C21H23N5O/c1-26-14-17(12-11-16-9-5-6-10-18(16)26)22-21(27)20-23-19(24-25-20)13-15-7-3-2-4-8-15/h2-10,17H,11-14H2,1H3,(H,22,27)(H,23,24,25)/t17-/m0/s1. The minimum atomic E-state index is -0.203. The molecule has 0 unspecified atom stereocenters. The second-order valence-electron chi connectivity index (χ2n) is 7.00. The molecule has 6 nitrogen and oxygen atoms in total. The van der Waals surface area contributed by atoms with Crippen LogP contribution in [-0.2, 0) is 12.8 Å². The number of nitrogens with zero attached hydrogens (tertiary/aromatic N) is 3. The molecule has 0 bridgehead atoms. The van der Waals surface area contributed by atoms with Crippen molar-refractivity contribution in [1.29, 1.82) is 0 Å². The van der Waals surface area contributed by atoms with Crippen LogP contribution in [0.1, 0.15) is 34.0 Å².